The summed E-state index contributed by atoms with van der Waals surface area (Å²) in [6, 6.07) is 9.64. The molecule has 5 heteroatoms. The second-order valence-corrected chi connectivity index (χ2v) is 6.30. The van der Waals surface area contributed by atoms with Crippen LogP contribution in [-0.2, 0) is 15.1 Å². The van der Waals surface area contributed by atoms with E-state index in [1.54, 1.807) is 18.8 Å². The lowest BCUT2D eigenvalue weighted by Crippen LogP contribution is -2.51. The highest BCUT2D eigenvalue weighted by molar-refractivity contribution is 7.99. The first-order chi connectivity index (χ1) is 10.1. The molecule has 1 aromatic carbocycles. The Kier molecular flexibility index (Phi) is 7.78. The summed E-state index contributed by atoms with van der Waals surface area (Å²) in [5.41, 5.74) is 0.0423. The molecule has 4 nitrogen and oxygen atoms in total. The van der Waals surface area contributed by atoms with Gasteiger partial charge < -0.3 is 15.2 Å². The smallest absolute Gasteiger partial charge is 0.331 e. The maximum Gasteiger partial charge on any atom is 0.331 e. The predicted octanol–water partition coefficient (Wildman–Crippen LogP) is 2.17. The van der Waals surface area contributed by atoms with E-state index in [1.807, 2.05) is 37.3 Å². The van der Waals surface area contributed by atoms with Gasteiger partial charge in [-0.3, -0.25) is 0 Å². The van der Waals surface area contributed by atoms with Crippen LogP contribution in [0.5, 0.6) is 0 Å². The molecule has 0 radical (unpaired) electrons. The molecule has 0 saturated carbocycles. The van der Waals surface area contributed by atoms with Gasteiger partial charge in [-0.2, -0.15) is 11.8 Å². The SMILES string of the molecule is CCOC(=O)C(CSC(C)CCO)(NC)c1ccccc1. The lowest BCUT2D eigenvalue weighted by atomic mass is 9.92. The highest BCUT2D eigenvalue weighted by Gasteiger charge is 2.40. The van der Waals surface area contributed by atoms with E-state index in [9.17, 15) is 4.79 Å². The van der Waals surface area contributed by atoms with Crippen LogP contribution in [0.3, 0.4) is 0 Å². The van der Waals surface area contributed by atoms with Gasteiger partial charge in [0.1, 0.15) is 0 Å². The van der Waals surface area contributed by atoms with E-state index >= 15 is 0 Å². The number of hydrogen-bond donors (Lipinski definition) is 2. The van der Waals surface area contributed by atoms with Crippen molar-refractivity contribution in [3.05, 3.63) is 35.9 Å². The van der Waals surface area contributed by atoms with Gasteiger partial charge in [-0.15, -0.1) is 0 Å². The molecule has 1 rings (SSSR count). The van der Waals surface area contributed by atoms with Gasteiger partial charge in [0.15, 0.2) is 5.54 Å². The van der Waals surface area contributed by atoms with Gasteiger partial charge in [0.2, 0.25) is 0 Å². The standard InChI is InChI=1S/C16H25NO3S/c1-4-20-15(19)16(17-3,12-21-13(2)10-11-18)14-8-6-5-7-9-14/h5-9,13,17-18H,4,10-12H2,1-3H3. The first-order valence-corrected chi connectivity index (χ1v) is 8.29. The Morgan fingerprint density at radius 1 is 1.43 bits per heavy atom. The zero-order valence-corrected chi connectivity index (χ0v) is 13.8. The molecule has 0 aromatic heterocycles. The molecule has 21 heavy (non-hydrogen) atoms. The van der Waals surface area contributed by atoms with Gasteiger partial charge in [-0.05, 0) is 26.0 Å². The molecule has 0 saturated heterocycles. The predicted molar refractivity (Wildman–Crippen MR) is 87.4 cm³/mol. The number of nitrogens with one attached hydrogen (secondary N) is 1. The van der Waals surface area contributed by atoms with Crippen LogP contribution in [0.25, 0.3) is 0 Å². The summed E-state index contributed by atoms with van der Waals surface area (Å²) in [5, 5.41) is 12.4. The van der Waals surface area contributed by atoms with E-state index in [-0.39, 0.29) is 17.8 Å². The van der Waals surface area contributed by atoms with Crippen LogP contribution >= 0.6 is 11.8 Å². The monoisotopic (exact) mass is 311 g/mol. The van der Waals surface area contributed by atoms with Gasteiger partial charge in [0.25, 0.3) is 0 Å². The summed E-state index contributed by atoms with van der Waals surface area (Å²) >= 11 is 1.66. The molecule has 0 aliphatic rings. The fourth-order valence-corrected chi connectivity index (χ4v) is 3.32. The van der Waals surface area contributed by atoms with Gasteiger partial charge >= 0.3 is 5.97 Å². The van der Waals surface area contributed by atoms with Crippen molar-refractivity contribution in [2.75, 3.05) is 26.0 Å². The van der Waals surface area contributed by atoms with Crippen molar-refractivity contribution >= 4 is 17.7 Å². The van der Waals surface area contributed by atoms with Crippen LogP contribution in [0.4, 0.5) is 0 Å². The van der Waals surface area contributed by atoms with Gasteiger partial charge in [0, 0.05) is 17.6 Å². The highest BCUT2D eigenvalue weighted by Crippen LogP contribution is 2.29. The van der Waals surface area contributed by atoms with E-state index in [0.29, 0.717) is 18.8 Å². The maximum absolute atomic E-state index is 12.5. The Labute approximate surface area is 131 Å². The maximum atomic E-state index is 12.5. The molecule has 0 heterocycles. The van der Waals surface area contributed by atoms with Crippen molar-refractivity contribution in [3.8, 4) is 0 Å². The lowest BCUT2D eigenvalue weighted by molar-refractivity contribution is -0.150. The fourth-order valence-electron chi connectivity index (χ4n) is 2.09. The highest BCUT2D eigenvalue weighted by atomic mass is 32.2. The number of aliphatic hydroxyl groups is 1. The third-order valence-electron chi connectivity index (χ3n) is 3.44. The van der Waals surface area contributed by atoms with E-state index in [2.05, 4.69) is 12.2 Å². The second-order valence-electron chi connectivity index (χ2n) is 4.88. The number of esters is 1. The molecule has 2 atom stereocenters. The Balaban J connectivity index is 3.00. The van der Waals surface area contributed by atoms with Crippen molar-refractivity contribution in [2.24, 2.45) is 0 Å². The molecule has 2 unspecified atom stereocenters. The van der Waals surface area contributed by atoms with Crippen LogP contribution in [0, 0.1) is 0 Å². The third-order valence-corrected chi connectivity index (χ3v) is 4.84. The number of carbonyl (C=O) groups is 1. The first-order valence-electron chi connectivity index (χ1n) is 7.24. The summed E-state index contributed by atoms with van der Waals surface area (Å²) in [6.45, 7) is 4.37. The number of hydrogen-bond acceptors (Lipinski definition) is 5. The molecule has 0 amide bonds. The topological polar surface area (TPSA) is 58.6 Å². The van der Waals surface area contributed by atoms with E-state index in [0.717, 1.165) is 5.56 Å². The lowest BCUT2D eigenvalue weighted by Gasteiger charge is -2.32. The summed E-state index contributed by atoms with van der Waals surface area (Å²) in [5.74, 6) is 0.301. The van der Waals surface area contributed by atoms with Crippen LogP contribution < -0.4 is 5.32 Å². The minimum Gasteiger partial charge on any atom is -0.464 e. The van der Waals surface area contributed by atoms with Gasteiger partial charge in [-0.1, -0.05) is 37.3 Å². The van der Waals surface area contributed by atoms with E-state index in [1.165, 1.54) is 0 Å². The van der Waals surface area contributed by atoms with Crippen LogP contribution in [-0.4, -0.2) is 42.3 Å². The number of rotatable bonds is 9. The summed E-state index contributed by atoms with van der Waals surface area (Å²) in [7, 11) is 1.78. The van der Waals surface area contributed by atoms with Crippen LogP contribution in [0.1, 0.15) is 25.8 Å². The number of benzene rings is 1. The minimum absolute atomic E-state index is 0.158. The zero-order valence-electron chi connectivity index (χ0n) is 13.0. The molecule has 2 N–H and O–H groups in total. The van der Waals surface area contributed by atoms with Crippen molar-refractivity contribution in [2.45, 2.75) is 31.1 Å². The van der Waals surface area contributed by atoms with Crippen molar-refractivity contribution in [3.63, 3.8) is 0 Å². The normalized spacial score (nSPS) is 15.2. The molecule has 0 bridgehead atoms. The molecular formula is C16H25NO3S. The molecular weight excluding hydrogens is 286 g/mol. The molecule has 0 spiro atoms. The van der Waals surface area contributed by atoms with Crippen molar-refractivity contribution in [1.29, 1.82) is 0 Å². The van der Waals surface area contributed by atoms with Crippen LogP contribution in [0.2, 0.25) is 0 Å². The minimum atomic E-state index is -0.856. The first kappa shape index (κ1) is 18.0. The van der Waals surface area contributed by atoms with E-state index < -0.39 is 5.54 Å². The molecule has 118 valence electrons. The van der Waals surface area contributed by atoms with Gasteiger partial charge in [0.05, 0.1) is 6.61 Å². The Bertz CT molecular complexity index is 427. The quantitative estimate of drug-likeness (QED) is 0.685. The third kappa shape index (κ3) is 4.73. The Morgan fingerprint density at radius 3 is 2.62 bits per heavy atom. The molecule has 1 aromatic rings. The summed E-state index contributed by atoms with van der Waals surface area (Å²) in [4.78, 5) is 12.5. The van der Waals surface area contributed by atoms with Gasteiger partial charge in [-0.25, -0.2) is 4.79 Å². The Hall–Kier alpha value is -1.04. The number of ether oxygens (including phenoxy) is 1. The van der Waals surface area contributed by atoms with Crippen molar-refractivity contribution in [1.82, 2.24) is 5.32 Å². The number of thioether (sulfide) groups is 1. The van der Waals surface area contributed by atoms with Crippen LogP contribution in [0.15, 0.2) is 30.3 Å². The van der Waals surface area contributed by atoms with Crippen molar-refractivity contribution < 1.29 is 14.6 Å². The summed E-state index contributed by atoms with van der Waals surface area (Å²) < 4.78 is 5.28. The largest absolute Gasteiger partial charge is 0.464 e. The molecule has 0 aliphatic carbocycles. The van der Waals surface area contributed by atoms with E-state index in [4.69, 9.17) is 9.84 Å². The average molecular weight is 311 g/mol. The second kappa shape index (κ2) is 9.07. The number of aliphatic hydroxyl groups excluding tert-OH is 1. The average Bonchev–Trinajstić information content (AvgIpc) is 2.50. The summed E-state index contributed by atoms with van der Waals surface area (Å²) in [6.07, 6.45) is 0.710. The fraction of sp³-hybridized carbons (Fsp3) is 0.562. The number of carbonyl (C=O) groups excluding carboxylic acids is 1. The number of likely N-dealkylation sites (N-methyl/N-ethyl adjacent to an activating group) is 1. The molecule has 0 aliphatic heterocycles. The zero-order chi connectivity index (χ0) is 15.7. The molecule has 0 fully saturated rings. The Morgan fingerprint density at radius 2 is 2.10 bits per heavy atom.